The third-order valence-corrected chi connectivity index (χ3v) is 4.46. The number of carbonyl (C=O) groups is 2. The standard InChI is InChI=1S/C16H18N4O3S/c17-8-14-20-12(9-24-14)15(21)18-10-3-5-11(6-4-10)19-16(22)13-2-1-7-23-13/h3-6,9,13H,1-2,7-8,17H2,(H,18,21)(H,19,22). The van der Waals surface area contributed by atoms with Crippen molar-refractivity contribution in [2.24, 2.45) is 5.73 Å². The summed E-state index contributed by atoms with van der Waals surface area (Å²) >= 11 is 1.35. The maximum absolute atomic E-state index is 12.1. The summed E-state index contributed by atoms with van der Waals surface area (Å²) < 4.78 is 5.34. The van der Waals surface area contributed by atoms with E-state index in [1.165, 1.54) is 11.3 Å². The highest BCUT2D eigenvalue weighted by molar-refractivity contribution is 7.09. The fourth-order valence-electron chi connectivity index (χ4n) is 2.35. The van der Waals surface area contributed by atoms with Crippen LogP contribution in [0.2, 0.25) is 0 Å². The molecule has 24 heavy (non-hydrogen) atoms. The third-order valence-electron chi connectivity index (χ3n) is 3.59. The fourth-order valence-corrected chi connectivity index (χ4v) is 3.00. The zero-order chi connectivity index (χ0) is 16.9. The molecule has 2 aromatic rings. The van der Waals surface area contributed by atoms with E-state index in [4.69, 9.17) is 10.5 Å². The number of benzene rings is 1. The summed E-state index contributed by atoms with van der Waals surface area (Å²) in [5.41, 5.74) is 7.12. The number of ether oxygens (including phenoxy) is 1. The van der Waals surface area contributed by atoms with E-state index in [0.717, 1.165) is 12.8 Å². The van der Waals surface area contributed by atoms with Gasteiger partial charge in [-0.3, -0.25) is 9.59 Å². The Hall–Kier alpha value is -2.29. The highest BCUT2D eigenvalue weighted by atomic mass is 32.1. The van der Waals surface area contributed by atoms with Crippen molar-refractivity contribution < 1.29 is 14.3 Å². The number of rotatable bonds is 5. The molecule has 7 nitrogen and oxygen atoms in total. The van der Waals surface area contributed by atoms with Crippen molar-refractivity contribution in [3.05, 3.63) is 40.3 Å². The van der Waals surface area contributed by atoms with E-state index < -0.39 is 0 Å². The molecule has 1 atom stereocenters. The van der Waals surface area contributed by atoms with Gasteiger partial charge in [0.15, 0.2) is 0 Å². The molecule has 1 aliphatic rings. The molecule has 1 aromatic carbocycles. The van der Waals surface area contributed by atoms with Gasteiger partial charge in [0, 0.05) is 29.9 Å². The van der Waals surface area contributed by atoms with Crippen molar-refractivity contribution in [3.63, 3.8) is 0 Å². The molecule has 4 N–H and O–H groups in total. The van der Waals surface area contributed by atoms with Crippen molar-refractivity contribution in [2.45, 2.75) is 25.5 Å². The topological polar surface area (TPSA) is 106 Å². The summed E-state index contributed by atoms with van der Waals surface area (Å²) in [5.74, 6) is -0.428. The van der Waals surface area contributed by atoms with Crippen LogP contribution in [0.25, 0.3) is 0 Å². The molecule has 1 fully saturated rings. The summed E-state index contributed by atoms with van der Waals surface area (Å²) in [4.78, 5) is 28.2. The number of nitrogens with zero attached hydrogens (tertiary/aromatic N) is 1. The van der Waals surface area contributed by atoms with Crippen molar-refractivity contribution >= 4 is 34.5 Å². The number of carbonyl (C=O) groups excluding carboxylic acids is 2. The first kappa shape index (κ1) is 16.6. The Labute approximate surface area is 143 Å². The van der Waals surface area contributed by atoms with E-state index in [1.807, 2.05) is 0 Å². The van der Waals surface area contributed by atoms with E-state index >= 15 is 0 Å². The molecule has 0 saturated carbocycles. The molecule has 8 heteroatoms. The van der Waals surface area contributed by atoms with Gasteiger partial charge in [0.1, 0.15) is 16.8 Å². The molecule has 1 unspecified atom stereocenters. The number of hydrogen-bond acceptors (Lipinski definition) is 6. The minimum absolute atomic E-state index is 0.138. The molecule has 1 aliphatic heterocycles. The number of amides is 2. The molecule has 1 aromatic heterocycles. The zero-order valence-electron chi connectivity index (χ0n) is 13.0. The van der Waals surface area contributed by atoms with Crippen LogP contribution in [-0.2, 0) is 16.1 Å². The Morgan fingerprint density at radius 2 is 1.96 bits per heavy atom. The lowest BCUT2D eigenvalue weighted by molar-refractivity contribution is -0.124. The average Bonchev–Trinajstić information content (AvgIpc) is 3.28. The lowest BCUT2D eigenvalue weighted by Gasteiger charge is -2.11. The van der Waals surface area contributed by atoms with Crippen molar-refractivity contribution in [1.82, 2.24) is 4.98 Å². The Morgan fingerprint density at radius 1 is 1.25 bits per heavy atom. The fraction of sp³-hybridized carbons (Fsp3) is 0.312. The summed E-state index contributed by atoms with van der Waals surface area (Å²) in [6.07, 6.45) is 1.29. The molecule has 0 spiro atoms. The molecule has 2 heterocycles. The first-order valence-electron chi connectivity index (χ1n) is 7.64. The summed E-state index contributed by atoms with van der Waals surface area (Å²) in [5, 5.41) is 7.95. The van der Waals surface area contributed by atoms with Crippen LogP contribution in [0, 0.1) is 0 Å². The molecule has 0 aliphatic carbocycles. The zero-order valence-corrected chi connectivity index (χ0v) is 13.8. The normalized spacial score (nSPS) is 16.8. The molecule has 3 rings (SSSR count). The van der Waals surface area contributed by atoms with E-state index in [-0.39, 0.29) is 17.9 Å². The molecule has 0 bridgehead atoms. The van der Waals surface area contributed by atoms with Crippen LogP contribution in [0.4, 0.5) is 11.4 Å². The van der Waals surface area contributed by atoms with Gasteiger partial charge < -0.3 is 21.1 Å². The van der Waals surface area contributed by atoms with E-state index in [2.05, 4.69) is 15.6 Å². The largest absolute Gasteiger partial charge is 0.368 e. The molecule has 126 valence electrons. The van der Waals surface area contributed by atoms with Crippen LogP contribution in [0.1, 0.15) is 28.3 Å². The van der Waals surface area contributed by atoms with Crippen LogP contribution < -0.4 is 16.4 Å². The number of thiazole rings is 1. The Kier molecular flexibility index (Phi) is 5.19. The highest BCUT2D eigenvalue weighted by Crippen LogP contribution is 2.18. The minimum Gasteiger partial charge on any atom is -0.368 e. The lowest BCUT2D eigenvalue weighted by atomic mass is 10.2. The molecular weight excluding hydrogens is 328 g/mol. The Balaban J connectivity index is 1.57. The number of nitrogens with one attached hydrogen (secondary N) is 2. The molecule has 2 amide bonds. The maximum atomic E-state index is 12.1. The van der Waals surface area contributed by atoms with E-state index in [0.29, 0.717) is 35.2 Å². The van der Waals surface area contributed by atoms with Crippen LogP contribution in [0.3, 0.4) is 0 Å². The maximum Gasteiger partial charge on any atom is 0.275 e. The smallest absolute Gasteiger partial charge is 0.275 e. The highest BCUT2D eigenvalue weighted by Gasteiger charge is 2.23. The lowest BCUT2D eigenvalue weighted by Crippen LogP contribution is -2.26. The van der Waals surface area contributed by atoms with E-state index in [9.17, 15) is 9.59 Å². The predicted octanol–water partition coefficient (Wildman–Crippen LogP) is 1.97. The number of hydrogen-bond donors (Lipinski definition) is 3. The molecule has 0 radical (unpaired) electrons. The van der Waals surface area contributed by atoms with Crippen molar-refractivity contribution in [3.8, 4) is 0 Å². The van der Waals surface area contributed by atoms with Crippen LogP contribution in [0.15, 0.2) is 29.6 Å². The quantitative estimate of drug-likeness (QED) is 0.767. The SMILES string of the molecule is NCc1nc(C(=O)Nc2ccc(NC(=O)C3CCCO3)cc2)cs1. The van der Waals surface area contributed by atoms with Crippen LogP contribution in [-0.4, -0.2) is 29.5 Å². The van der Waals surface area contributed by atoms with E-state index in [1.54, 1.807) is 29.6 Å². The summed E-state index contributed by atoms with van der Waals surface area (Å²) in [7, 11) is 0. The van der Waals surface area contributed by atoms with Crippen molar-refractivity contribution in [1.29, 1.82) is 0 Å². The van der Waals surface area contributed by atoms with Gasteiger partial charge in [-0.15, -0.1) is 11.3 Å². The summed E-state index contributed by atoms with van der Waals surface area (Å²) in [6.45, 7) is 0.947. The molecule has 1 saturated heterocycles. The Bertz CT molecular complexity index is 723. The van der Waals surface area contributed by atoms with Gasteiger partial charge in [0.25, 0.3) is 11.8 Å². The Morgan fingerprint density at radius 3 is 2.54 bits per heavy atom. The minimum atomic E-state index is -0.370. The van der Waals surface area contributed by atoms with Crippen LogP contribution >= 0.6 is 11.3 Å². The second-order valence-corrected chi connectivity index (χ2v) is 6.30. The average molecular weight is 346 g/mol. The number of aromatic nitrogens is 1. The number of nitrogens with two attached hydrogens (primary N) is 1. The second kappa shape index (κ2) is 7.52. The number of anilines is 2. The summed E-state index contributed by atoms with van der Waals surface area (Å²) in [6, 6.07) is 6.90. The van der Waals surface area contributed by atoms with Gasteiger partial charge in [-0.2, -0.15) is 0 Å². The van der Waals surface area contributed by atoms with Gasteiger partial charge in [-0.25, -0.2) is 4.98 Å². The molecular formula is C16H18N4O3S. The van der Waals surface area contributed by atoms with Gasteiger partial charge in [-0.1, -0.05) is 0 Å². The first-order chi connectivity index (χ1) is 11.7. The second-order valence-electron chi connectivity index (χ2n) is 5.35. The monoisotopic (exact) mass is 346 g/mol. The predicted molar refractivity (Wildman–Crippen MR) is 92.0 cm³/mol. The van der Waals surface area contributed by atoms with Crippen LogP contribution in [0.5, 0.6) is 0 Å². The van der Waals surface area contributed by atoms with Gasteiger partial charge in [0.2, 0.25) is 0 Å². The van der Waals surface area contributed by atoms with Gasteiger partial charge >= 0.3 is 0 Å². The third kappa shape index (κ3) is 3.97. The first-order valence-corrected chi connectivity index (χ1v) is 8.52. The van der Waals surface area contributed by atoms with Crippen molar-refractivity contribution in [2.75, 3.05) is 17.2 Å². The van der Waals surface area contributed by atoms with Gasteiger partial charge in [-0.05, 0) is 37.1 Å². The van der Waals surface area contributed by atoms with Gasteiger partial charge in [0.05, 0.1) is 0 Å².